The van der Waals surface area contributed by atoms with E-state index in [4.69, 9.17) is 0 Å². The summed E-state index contributed by atoms with van der Waals surface area (Å²) in [5.41, 5.74) is 19.9. The van der Waals surface area contributed by atoms with Crippen LogP contribution in [0.5, 0.6) is 0 Å². The van der Waals surface area contributed by atoms with Gasteiger partial charge in [-0.1, -0.05) is 243 Å². The van der Waals surface area contributed by atoms with E-state index in [0.717, 1.165) is 11.4 Å². The largest absolute Gasteiger partial charge is 0.309 e. The van der Waals surface area contributed by atoms with Crippen molar-refractivity contribution in [2.75, 3.05) is 4.90 Å². The second-order valence-electron chi connectivity index (χ2n) is 17.1. The number of hydrogen-bond donors (Lipinski definition) is 0. The highest BCUT2D eigenvalue weighted by molar-refractivity contribution is 6.11. The van der Waals surface area contributed by atoms with Crippen molar-refractivity contribution in [3.05, 3.63) is 295 Å². The van der Waals surface area contributed by atoms with Crippen LogP contribution in [0, 0.1) is 0 Å². The Labute approximate surface area is 387 Å². The van der Waals surface area contributed by atoms with Crippen LogP contribution in [0.15, 0.2) is 273 Å². The van der Waals surface area contributed by atoms with Gasteiger partial charge in [0.2, 0.25) is 0 Å². The summed E-state index contributed by atoms with van der Waals surface area (Å²) < 4.78 is 0. The zero-order valence-electron chi connectivity index (χ0n) is 36.4. The van der Waals surface area contributed by atoms with Gasteiger partial charge < -0.3 is 4.90 Å². The summed E-state index contributed by atoms with van der Waals surface area (Å²) in [5.74, 6) is 0. The maximum atomic E-state index is 2.52. The van der Waals surface area contributed by atoms with Crippen molar-refractivity contribution in [1.29, 1.82) is 0 Å². The molecule has 0 saturated heterocycles. The quantitative estimate of drug-likeness (QED) is 0.140. The summed E-state index contributed by atoms with van der Waals surface area (Å²) in [6.07, 6.45) is 0. The van der Waals surface area contributed by atoms with Gasteiger partial charge in [-0.15, -0.1) is 0 Å². The van der Waals surface area contributed by atoms with Crippen LogP contribution in [-0.4, -0.2) is 0 Å². The van der Waals surface area contributed by atoms with Crippen LogP contribution in [0.3, 0.4) is 0 Å². The van der Waals surface area contributed by atoms with Crippen LogP contribution in [0.2, 0.25) is 0 Å². The Morgan fingerprint density at radius 3 is 1.11 bits per heavy atom. The SMILES string of the molecule is c1ccc(-c2ccccc2-c2ccc(N(c3ccc(-c4ccccc4-c4ccccc4)cc3)c3c4c(cc5ccccc35)C(c3ccccc3)(c3ccccc3)c3ccccc3-4)cc2)cc1. The highest BCUT2D eigenvalue weighted by Crippen LogP contribution is 2.61. The Morgan fingerprint density at radius 1 is 0.273 bits per heavy atom. The zero-order chi connectivity index (χ0) is 43.9. The zero-order valence-corrected chi connectivity index (χ0v) is 36.4. The van der Waals surface area contributed by atoms with Gasteiger partial charge in [0.1, 0.15) is 0 Å². The fraction of sp³-hybridized carbons (Fsp3) is 0.0154. The van der Waals surface area contributed by atoms with Gasteiger partial charge >= 0.3 is 0 Å². The van der Waals surface area contributed by atoms with E-state index in [1.54, 1.807) is 0 Å². The molecule has 66 heavy (non-hydrogen) atoms. The maximum Gasteiger partial charge on any atom is 0.0714 e. The molecule has 0 bridgehead atoms. The van der Waals surface area contributed by atoms with Gasteiger partial charge in [-0.25, -0.2) is 0 Å². The minimum Gasteiger partial charge on any atom is -0.309 e. The van der Waals surface area contributed by atoms with E-state index in [-0.39, 0.29) is 0 Å². The average molecular weight is 840 g/mol. The van der Waals surface area contributed by atoms with Gasteiger partial charge in [0, 0.05) is 22.3 Å². The van der Waals surface area contributed by atoms with E-state index < -0.39 is 5.41 Å². The van der Waals surface area contributed by atoms with Crippen molar-refractivity contribution in [2.24, 2.45) is 0 Å². The molecule has 0 fully saturated rings. The number of rotatable bonds is 9. The van der Waals surface area contributed by atoms with Crippen molar-refractivity contribution in [2.45, 2.75) is 5.41 Å². The third-order valence-corrected chi connectivity index (χ3v) is 13.6. The third-order valence-electron chi connectivity index (χ3n) is 13.6. The third kappa shape index (κ3) is 6.47. The monoisotopic (exact) mass is 839 g/mol. The lowest BCUT2D eigenvalue weighted by Crippen LogP contribution is -2.28. The Morgan fingerprint density at radius 2 is 0.636 bits per heavy atom. The summed E-state index contributed by atoms with van der Waals surface area (Å²) in [4.78, 5) is 2.52. The molecule has 310 valence electrons. The number of benzene rings is 11. The first-order valence-electron chi connectivity index (χ1n) is 22.8. The summed E-state index contributed by atoms with van der Waals surface area (Å²) >= 11 is 0. The van der Waals surface area contributed by atoms with Crippen molar-refractivity contribution in [3.8, 4) is 55.6 Å². The average Bonchev–Trinajstić information content (AvgIpc) is 3.70. The summed E-state index contributed by atoms with van der Waals surface area (Å²) in [5, 5.41) is 2.39. The first-order valence-corrected chi connectivity index (χ1v) is 22.8. The normalized spacial score (nSPS) is 12.4. The van der Waals surface area contributed by atoms with E-state index in [1.165, 1.54) is 94.3 Å². The second kappa shape index (κ2) is 16.6. The molecule has 1 aliphatic rings. The molecule has 0 amide bonds. The highest BCUT2D eigenvalue weighted by Gasteiger charge is 2.48. The van der Waals surface area contributed by atoms with Crippen molar-refractivity contribution in [3.63, 3.8) is 0 Å². The molecule has 11 aromatic rings. The van der Waals surface area contributed by atoms with Gasteiger partial charge in [-0.05, 0) is 108 Å². The molecule has 0 N–H and O–H groups in total. The van der Waals surface area contributed by atoms with Gasteiger partial charge in [-0.3, -0.25) is 0 Å². The first-order chi connectivity index (χ1) is 32.8. The Bertz CT molecular complexity index is 3320. The smallest absolute Gasteiger partial charge is 0.0714 e. The van der Waals surface area contributed by atoms with Crippen molar-refractivity contribution >= 4 is 27.8 Å². The van der Waals surface area contributed by atoms with Crippen LogP contribution in [0.1, 0.15) is 22.3 Å². The molecule has 12 rings (SSSR count). The lowest BCUT2D eigenvalue weighted by atomic mass is 9.67. The van der Waals surface area contributed by atoms with E-state index in [0.29, 0.717) is 0 Å². The number of anilines is 3. The standard InChI is InChI=1S/C65H45N/c1-5-21-46(22-6-1)55-30-15-17-32-57(55)48-37-41-53(42-38-48)66(54-43-39-49(40-44-54)58-33-18-16-31-56(58)47-23-7-2-8-24-47)64-59-34-14-13-25-50(59)45-62-63(64)60-35-19-20-36-61(60)65(62,51-26-9-3-10-27-51)52-28-11-4-12-29-52/h1-45H. The van der Waals surface area contributed by atoms with Crippen LogP contribution >= 0.6 is 0 Å². The highest BCUT2D eigenvalue weighted by atomic mass is 15.1. The van der Waals surface area contributed by atoms with Crippen LogP contribution in [0.4, 0.5) is 17.1 Å². The predicted molar refractivity (Wildman–Crippen MR) is 278 cm³/mol. The fourth-order valence-electron chi connectivity index (χ4n) is 10.7. The Balaban J connectivity index is 1.12. The Hall–Kier alpha value is -8.52. The minimum atomic E-state index is -0.561. The molecule has 0 aromatic heterocycles. The lowest BCUT2D eigenvalue weighted by molar-refractivity contribution is 0.769. The number of hydrogen-bond acceptors (Lipinski definition) is 1. The van der Waals surface area contributed by atoms with Crippen molar-refractivity contribution < 1.29 is 0 Å². The van der Waals surface area contributed by atoms with Crippen molar-refractivity contribution in [1.82, 2.24) is 0 Å². The molecular weight excluding hydrogens is 795 g/mol. The van der Waals surface area contributed by atoms with E-state index in [9.17, 15) is 0 Å². The molecule has 0 atom stereocenters. The molecule has 0 spiro atoms. The molecule has 1 nitrogen and oxygen atoms in total. The molecule has 11 aromatic carbocycles. The molecule has 0 radical (unpaired) electrons. The lowest BCUT2D eigenvalue weighted by Gasteiger charge is -2.35. The van der Waals surface area contributed by atoms with Gasteiger partial charge in [0.25, 0.3) is 0 Å². The molecule has 1 heteroatoms. The van der Waals surface area contributed by atoms with Crippen LogP contribution in [0.25, 0.3) is 66.4 Å². The molecule has 0 unspecified atom stereocenters. The summed E-state index contributed by atoms with van der Waals surface area (Å²) in [6.45, 7) is 0. The number of fused-ring (bicyclic) bond motifs is 4. The van der Waals surface area contributed by atoms with E-state index in [2.05, 4.69) is 278 Å². The molecule has 0 aliphatic heterocycles. The topological polar surface area (TPSA) is 3.24 Å². The first kappa shape index (κ1) is 39.1. The predicted octanol–water partition coefficient (Wildman–Crippen LogP) is 17.3. The maximum absolute atomic E-state index is 2.52. The second-order valence-corrected chi connectivity index (χ2v) is 17.1. The van der Waals surface area contributed by atoms with Gasteiger partial charge in [0.15, 0.2) is 0 Å². The molecular formula is C65H45N. The molecule has 0 heterocycles. The van der Waals surface area contributed by atoms with Gasteiger partial charge in [0.05, 0.1) is 11.1 Å². The van der Waals surface area contributed by atoms with Crippen LogP contribution < -0.4 is 4.90 Å². The molecule has 0 saturated carbocycles. The minimum absolute atomic E-state index is 0.561. The van der Waals surface area contributed by atoms with Gasteiger partial charge in [-0.2, -0.15) is 0 Å². The van der Waals surface area contributed by atoms with E-state index in [1.807, 2.05) is 0 Å². The number of nitrogens with zero attached hydrogens (tertiary/aromatic N) is 1. The van der Waals surface area contributed by atoms with E-state index >= 15 is 0 Å². The van der Waals surface area contributed by atoms with Crippen LogP contribution in [-0.2, 0) is 5.41 Å². The fourth-order valence-corrected chi connectivity index (χ4v) is 10.7. The summed E-state index contributed by atoms with van der Waals surface area (Å²) in [6, 6.07) is 100. The molecule has 1 aliphatic carbocycles. The Kier molecular flexibility index (Phi) is 9.81. The summed E-state index contributed by atoms with van der Waals surface area (Å²) in [7, 11) is 0.